The van der Waals surface area contributed by atoms with Gasteiger partial charge in [0, 0.05) is 13.6 Å². The fourth-order valence-electron chi connectivity index (χ4n) is 1.52. The van der Waals surface area contributed by atoms with Gasteiger partial charge in [-0.2, -0.15) is 0 Å². The van der Waals surface area contributed by atoms with Gasteiger partial charge >= 0.3 is 0 Å². The van der Waals surface area contributed by atoms with Crippen LogP contribution in [0.1, 0.15) is 0 Å². The van der Waals surface area contributed by atoms with E-state index in [-0.39, 0.29) is 10.0 Å². The molecule has 9 heteroatoms. The molecule has 0 aromatic heterocycles. The molecule has 0 radical (unpaired) electrons. The zero-order valence-electron chi connectivity index (χ0n) is 10.1. The molecule has 0 spiro atoms. The van der Waals surface area contributed by atoms with Crippen LogP contribution in [0.15, 0.2) is 35.2 Å². The quantitative estimate of drug-likeness (QED) is 0.626. The minimum Gasteiger partial charge on any atom is -0.505 e. The van der Waals surface area contributed by atoms with Gasteiger partial charge in [-0.1, -0.05) is 34.8 Å². The summed E-state index contributed by atoms with van der Waals surface area (Å²) in [5.41, 5.74) is 0.329. The molecule has 0 aliphatic heterocycles. The van der Waals surface area contributed by atoms with Gasteiger partial charge in [-0.15, -0.1) is 0 Å². The van der Waals surface area contributed by atoms with Gasteiger partial charge in [0.25, 0.3) is 10.0 Å². The molecule has 0 heterocycles. The second kappa shape index (κ2) is 6.37. The third-order valence-corrected chi connectivity index (χ3v) is 5.47. The van der Waals surface area contributed by atoms with E-state index in [4.69, 9.17) is 34.8 Å². The van der Waals surface area contributed by atoms with Crippen LogP contribution in [0.2, 0.25) is 15.1 Å². The molecular formula is C12H7Cl3INO3S. The lowest BCUT2D eigenvalue weighted by Gasteiger charge is -2.12. The Labute approximate surface area is 150 Å². The summed E-state index contributed by atoms with van der Waals surface area (Å²) >= 11 is 19.3. The standard InChI is InChI=1S/C12H7Cl3INO3S/c13-6-1-2-10(9(16)4-6)17-21(19,20)11-5-7(14)3-8(15)12(11)18/h1-5,17-18H. The molecule has 0 bridgehead atoms. The predicted octanol–water partition coefficient (Wildman–Crippen LogP) is 4.76. The third kappa shape index (κ3) is 3.87. The molecule has 2 N–H and O–H groups in total. The first-order valence-corrected chi connectivity index (χ1v) is 9.06. The monoisotopic (exact) mass is 477 g/mol. The highest BCUT2D eigenvalue weighted by Crippen LogP contribution is 2.35. The number of rotatable bonds is 3. The van der Waals surface area contributed by atoms with Gasteiger partial charge in [0.2, 0.25) is 0 Å². The molecule has 2 aromatic carbocycles. The van der Waals surface area contributed by atoms with Crippen molar-refractivity contribution in [1.29, 1.82) is 0 Å². The van der Waals surface area contributed by atoms with Gasteiger partial charge in [-0.05, 0) is 52.9 Å². The highest BCUT2D eigenvalue weighted by atomic mass is 127. The number of anilines is 1. The van der Waals surface area contributed by atoms with Crippen molar-refractivity contribution in [2.75, 3.05) is 4.72 Å². The van der Waals surface area contributed by atoms with Crippen molar-refractivity contribution in [2.45, 2.75) is 4.90 Å². The Hall–Kier alpha value is -0.410. The van der Waals surface area contributed by atoms with Crippen molar-refractivity contribution in [3.63, 3.8) is 0 Å². The van der Waals surface area contributed by atoms with E-state index in [0.717, 1.165) is 6.07 Å². The summed E-state index contributed by atoms with van der Waals surface area (Å²) in [7, 11) is -4.04. The number of nitrogens with one attached hydrogen (secondary N) is 1. The lowest BCUT2D eigenvalue weighted by Crippen LogP contribution is -2.14. The van der Waals surface area contributed by atoms with Crippen molar-refractivity contribution < 1.29 is 13.5 Å². The van der Waals surface area contributed by atoms with E-state index >= 15 is 0 Å². The average Bonchev–Trinajstić information content (AvgIpc) is 2.37. The van der Waals surface area contributed by atoms with E-state index in [1.165, 1.54) is 12.1 Å². The van der Waals surface area contributed by atoms with Crippen molar-refractivity contribution in [3.05, 3.63) is 49.0 Å². The predicted molar refractivity (Wildman–Crippen MR) is 93.1 cm³/mol. The number of halogens is 4. The van der Waals surface area contributed by atoms with Crippen LogP contribution in [-0.4, -0.2) is 13.5 Å². The number of hydrogen-bond donors (Lipinski definition) is 2. The van der Waals surface area contributed by atoms with E-state index in [1.807, 2.05) is 22.6 Å². The summed E-state index contributed by atoms with van der Waals surface area (Å²) in [6, 6.07) is 7.04. The topological polar surface area (TPSA) is 66.4 Å². The highest BCUT2D eigenvalue weighted by molar-refractivity contribution is 14.1. The van der Waals surface area contributed by atoms with Gasteiger partial charge in [0.05, 0.1) is 10.7 Å². The molecule has 0 unspecified atom stereocenters. The van der Waals surface area contributed by atoms with Crippen LogP contribution in [0, 0.1) is 3.57 Å². The number of phenols is 1. The number of phenolic OH excluding ortho intramolecular Hbond substituents is 1. The van der Waals surface area contributed by atoms with Crippen LogP contribution in [-0.2, 0) is 10.0 Å². The Balaban J connectivity index is 2.48. The largest absolute Gasteiger partial charge is 0.505 e. The molecular weight excluding hydrogens is 471 g/mol. The van der Waals surface area contributed by atoms with Gasteiger partial charge in [-0.3, -0.25) is 4.72 Å². The fourth-order valence-corrected chi connectivity index (χ4v) is 4.55. The minimum absolute atomic E-state index is 0.101. The van der Waals surface area contributed by atoms with Crippen LogP contribution in [0.5, 0.6) is 5.75 Å². The van der Waals surface area contributed by atoms with E-state index in [9.17, 15) is 13.5 Å². The summed E-state index contributed by atoms with van der Waals surface area (Å²) in [5.74, 6) is -0.558. The first kappa shape index (κ1) is 17.0. The summed E-state index contributed by atoms with van der Waals surface area (Å²) in [6.07, 6.45) is 0. The van der Waals surface area contributed by atoms with E-state index in [0.29, 0.717) is 14.3 Å². The Morgan fingerprint density at radius 1 is 1.05 bits per heavy atom. The van der Waals surface area contributed by atoms with Crippen molar-refractivity contribution >= 4 is 73.1 Å². The number of sulfonamides is 1. The SMILES string of the molecule is O=S(=O)(Nc1ccc(Cl)cc1I)c1cc(Cl)cc(Cl)c1O. The van der Waals surface area contributed by atoms with E-state index in [1.54, 1.807) is 12.1 Å². The summed E-state index contributed by atoms with van der Waals surface area (Å²) in [5, 5.41) is 10.3. The maximum Gasteiger partial charge on any atom is 0.265 e. The summed E-state index contributed by atoms with van der Waals surface area (Å²) < 4.78 is 27.6. The molecule has 0 fully saturated rings. The minimum atomic E-state index is -4.04. The maximum atomic E-state index is 12.3. The van der Waals surface area contributed by atoms with Crippen molar-refractivity contribution in [3.8, 4) is 5.75 Å². The molecule has 112 valence electrons. The average molecular weight is 479 g/mol. The molecule has 0 amide bonds. The van der Waals surface area contributed by atoms with Crippen LogP contribution >= 0.6 is 57.4 Å². The smallest absolute Gasteiger partial charge is 0.265 e. The molecule has 0 aliphatic carbocycles. The first-order chi connectivity index (χ1) is 9.70. The third-order valence-electron chi connectivity index (χ3n) is 2.46. The van der Waals surface area contributed by atoms with Crippen molar-refractivity contribution in [2.24, 2.45) is 0 Å². The zero-order valence-corrected chi connectivity index (χ0v) is 15.3. The van der Waals surface area contributed by atoms with Gasteiger partial charge in [-0.25, -0.2) is 8.42 Å². The molecule has 21 heavy (non-hydrogen) atoms. The van der Waals surface area contributed by atoms with Crippen molar-refractivity contribution in [1.82, 2.24) is 0 Å². The molecule has 0 saturated carbocycles. The second-order valence-electron chi connectivity index (χ2n) is 3.96. The molecule has 2 rings (SSSR count). The molecule has 0 atom stereocenters. The van der Waals surface area contributed by atoms with Gasteiger partial charge < -0.3 is 5.11 Å². The molecule has 0 saturated heterocycles. The van der Waals surface area contributed by atoms with Crippen LogP contribution < -0.4 is 4.72 Å². The zero-order chi connectivity index (χ0) is 15.8. The number of benzene rings is 2. The second-order valence-corrected chi connectivity index (χ2v) is 8.06. The Bertz CT molecular complexity index is 812. The Kier molecular flexibility index (Phi) is 5.15. The van der Waals surface area contributed by atoms with Crippen LogP contribution in [0.3, 0.4) is 0 Å². The Morgan fingerprint density at radius 2 is 1.71 bits per heavy atom. The van der Waals surface area contributed by atoms with E-state index < -0.39 is 20.7 Å². The first-order valence-electron chi connectivity index (χ1n) is 5.36. The summed E-state index contributed by atoms with van der Waals surface area (Å²) in [4.78, 5) is -0.397. The lowest BCUT2D eigenvalue weighted by molar-refractivity contribution is 0.459. The normalized spacial score (nSPS) is 11.4. The highest BCUT2D eigenvalue weighted by Gasteiger charge is 2.22. The summed E-state index contributed by atoms with van der Waals surface area (Å²) in [6.45, 7) is 0. The van der Waals surface area contributed by atoms with Crippen LogP contribution in [0.25, 0.3) is 0 Å². The lowest BCUT2D eigenvalue weighted by atomic mass is 10.3. The molecule has 0 aliphatic rings. The fraction of sp³-hybridized carbons (Fsp3) is 0. The molecule has 4 nitrogen and oxygen atoms in total. The van der Waals surface area contributed by atoms with E-state index in [2.05, 4.69) is 4.72 Å². The number of aromatic hydroxyl groups is 1. The maximum absolute atomic E-state index is 12.3. The molecule has 2 aromatic rings. The van der Waals surface area contributed by atoms with Gasteiger partial charge in [0.15, 0.2) is 5.75 Å². The van der Waals surface area contributed by atoms with Crippen LogP contribution in [0.4, 0.5) is 5.69 Å². The number of hydrogen-bond acceptors (Lipinski definition) is 3. The van der Waals surface area contributed by atoms with Gasteiger partial charge in [0.1, 0.15) is 4.90 Å². The Morgan fingerprint density at radius 3 is 2.33 bits per heavy atom.